The van der Waals surface area contributed by atoms with Crippen LogP contribution in [0.15, 0.2) is 17.4 Å². The van der Waals surface area contributed by atoms with E-state index in [1.807, 2.05) is 44.8 Å². The summed E-state index contributed by atoms with van der Waals surface area (Å²) < 4.78 is 1.86. The molecule has 0 fully saturated rings. The lowest BCUT2D eigenvalue weighted by atomic mass is 10.1. The Labute approximate surface area is 96.7 Å². The van der Waals surface area contributed by atoms with E-state index in [9.17, 15) is 0 Å². The molecule has 0 aliphatic carbocycles. The molecule has 16 heavy (non-hydrogen) atoms. The number of aryl methyl sites for hydroxylation is 1. The highest BCUT2D eigenvalue weighted by Gasteiger charge is 2.09. The fourth-order valence-corrected chi connectivity index (χ4v) is 1.29. The average molecular weight is 223 g/mol. The second-order valence-electron chi connectivity index (χ2n) is 4.92. The molecule has 3 N–H and O–H groups in total. The fourth-order valence-electron chi connectivity index (χ4n) is 1.29. The van der Waals surface area contributed by atoms with Crippen molar-refractivity contribution in [3.8, 4) is 0 Å². The van der Waals surface area contributed by atoms with Crippen molar-refractivity contribution in [2.24, 2.45) is 10.7 Å². The van der Waals surface area contributed by atoms with Gasteiger partial charge in [-0.05, 0) is 33.3 Å². The predicted molar refractivity (Wildman–Crippen MR) is 66.3 cm³/mol. The van der Waals surface area contributed by atoms with E-state index in [2.05, 4.69) is 15.4 Å². The van der Waals surface area contributed by atoms with Crippen LogP contribution in [0.2, 0.25) is 0 Å². The fraction of sp³-hybridized carbons (Fsp3) is 0.636. The van der Waals surface area contributed by atoms with Gasteiger partial charge in [0.15, 0.2) is 5.96 Å². The maximum absolute atomic E-state index is 5.74. The molecule has 0 aliphatic heterocycles. The van der Waals surface area contributed by atoms with Crippen LogP contribution in [-0.2, 0) is 6.54 Å². The lowest BCUT2D eigenvalue weighted by Crippen LogP contribution is -2.45. The molecule has 0 amide bonds. The van der Waals surface area contributed by atoms with E-state index >= 15 is 0 Å². The lowest BCUT2D eigenvalue weighted by molar-refractivity contribution is 0.507. The number of hydrogen-bond acceptors (Lipinski definition) is 2. The third-order valence-corrected chi connectivity index (χ3v) is 1.88. The molecule has 5 heteroatoms. The Morgan fingerprint density at radius 3 is 2.75 bits per heavy atom. The molecule has 5 nitrogen and oxygen atoms in total. The highest BCUT2D eigenvalue weighted by atomic mass is 15.3. The van der Waals surface area contributed by atoms with Gasteiger partial charge in [0.25, 0.3) is 0 Å². The number of nitrogens with one attached hydrogen (secondary N) is 1. The van der Waals surface area contributed by atoms with Crippen LogP contribution >= 0.6 is 0 Å². The minimum Gasteiger partial charge on any atom is -0.370 e. The zero-order valence-corrected chi connectivity index (χ0v) is 10.5. The van der Waals surface area contributed by atoms with Crippen LogP contribution in [0, 0.1) is 6.92 Å². The van der Waals surface area contributed by atoms with E-state index in [1.165, 1.54) is 0 Å². The molecule has 1 heterocycles. The summed E-state index contributed by atoms with van der Waals surface area (Å²) in [7, 11) is 0. The Morgan fingerprint density at radius 2 is 2.25 bits per heavy atom. The Kier molecular flexibility index (Phi) is 3.93. The molecule has 0 aliphatic rings. The van der Waals surface area contributed by atoms with Crippen LogP contribution < -0.4 is 11.1 Å². The summed E-state index contributed by atoms with van der Waals surface area (Å²) in [5.74, 6) is 0.483. The zero-order valence-electron chi connectivity index (χ0n) is 10.5. The van der Waals surface area contributed by atoms with Gasteiger partial charge in [-0.1, -0.05) is 0 Å². The van der Waals surface area contributed by atoms with Gasteiger partial charge in [-0.2, -0.15) is 5.10 Å². The molecule has 0 saturated heterocycles. The van der Waals surface area contributed by atoms with E-state index in [4.69, 9.17) is 5.73 Å². The van der Waals surface area contributed by atoms with Crippen molar-refractivity contribution in [1.29, 1.82) is 0 Å². The van der Waals surface area contributed by atoms with Crippen molar-refractivity contribution < 1.29 is 0 Å². The standard InChI is InChI=1S/C11H21N5/c1-9-7-14-16(8-9)6-5-13-10(12)15-11(2,3)4/h7-8H,5-6H2,1-4H3,(H3,12,13,15). The van der Waals surface area contributed by atoms with Crippen molar-refractivity contribution in [3.05, 3.63) is 18.0 Å². The Bertz CT molecular complexity index is 359. The topological polar surface area (TPSA) is 68.2 Å². The van der Waals surface area contributed by atoms with Gasteiger partial charge < -0.3 is 11.1 Å². The van der Waals surface area contributed by atoms with Crippen LogP contribution in [0.4, 0.5) is 0 Å². The van der Waals surface area contributed by atoms with Gasteiger partial charge in [0.2, 0.25) is 0 Å². The Balaban J connectivity index is 2.36. The molecule has 1 aromatic rings. The van der Waals surface area contributed by atoms with Crippen LogP contribution in [0.3, 0.4) is 0 Å². The summed E-state index contributed by atoms with van der Waals surface area (Å²) >= 11 is 0. The largest absolute Gasteiger partial charge is 0.370 e. The second-order valence-corrected chi connectivity index (χ2v) is 4.92. The molecular formula is C11H21N5. The number of aromatic nitrogens is 2. The molecule has 90 valence electrons. The van der Waals surface area contributed by atoms with E-state index in [0.29, 0.717) is 12.5 Å². The average Bonchev–Trinajstić information content (AvgIpc) is 2.48. The van der Waals surface area contributed by atoms with Gasteiger partial charge >= 0.3 is 0 Å². The van der Waals surface area contributed by atoms with Crippen LogP contribution in [0.5, 0.6) is 0 Å². The third-order valence-electron chi connectivity index (χ3n) is 1.88. The summed E-state index contributed by atoms with van der Waals surface area (Å²) in [6.07, 6.45) is 3.82. The van der Waals surface area contributed by atoms with Crippen LogP contribution in [-0.4, -0.2) is 27.8 Å². The molecule has 0 bridgehead atoms. The van der Waals surface area contributed by atoms with Gasteiger partial charge in [-0.25, -0.2) is 0 Å². The van der Waals surface area contributed by atoms with Gasteiger partial charge in [-0.3, -0.25) is 9.67 Å². The minimum atomic E-state index is -0.0458. The van der Waals surface area contributed by atoms with Crippen molar-refractivity contribution in [2.45, 2.75) is 39.8 Å². The predicted octanol–water partition coefficient (Wildman–Crippen LogP) is 0.894. The smallest absolute Gasteiger partial charge is 0.189 e. The molecule has 1 rings (SSSR count). The number of aliphatic imine (C=N–C) groups is 1. The van der Waals surface area contributed by atoms with E-state index < -0.39 is 0 Å². The summed E-state index contributed by atoms with van der Waals surface area (Å²) in [4.78, 5) is 4.24. The maximum Gasteiger partial charge on any atom is 0.189 e. The summed E-state index contributed by atoms with van der Waals surface area (Å²) in [5, 5.41) is 7.28. The number of nitrogens with zero attached hydrogens (tertiary/aromatic N) is 3. The molecule has 0 saturated carbocycles. The van der Waals surface area contributed by atoms with Crippen LogP contribution in [0.1, 0.15) is 26.3 Å². The van der Waals surface area contributed by atoms with E-state index in [1.54, 1.807) is 0 Å². The summed E-state index contributed by atoms with van der Waals surface area (Å²) in [6, 6.07) is 0. The van der Waals surface area contributed by atoms with E-state index in [0.717, 1.165) is 12.1 Å². The normalized spacial score (nSPS) is 12.9. The molecule has 0 spiro atoms. The van der Waals surface area contributed by atoms with Gasteiger partial charge in [0.05, 0.1) is 19.3 Å². The lowest BCUT2D eigenvalue weighted by Gasteiger charge is -2.20. The van der Waals surface area contributed by atoms with Gasteiger partial charge in [0, 0.05) is 11.7 Å². The maximum atomic E-state index is 5.74. The van der Waals surface area contributed by atoms with Crippen molar-refractivity contribution in [1.82, 2.24) is 15.1 Å². The SMILES string of the molecule is Cc1cnn(CCN=C(N)NC(C)(C)C)c1. The van der Waals surface area contributed by atoms with Gasteiger partial charge in [-0.15, -0.1) is 0 Å². The third kappa shape index (κ3) is 4.82. The quantitative estimate of drug-likeness (QED) is 0.591. The Hall–Kier alpha value is -1.52. The number of rotatable bonds is 3. The molecule has 0 unspecified atom stereocenters. The molecular weight excluding hydrogens is 202 g/mol. The highest BCUT2D eigenvalue weighted by molar-refractivity contribution is 5.78. The number of nitrogens with two attached hydrogens (primary N) is 1. The highest BCUT2D eigenvalue weighted by Crippen LogP contribution is 1.97. The first-order chi connectivity index (χ1) is 7.37. The number of guanidine groups is 1. The van der Waals surface area contributed by atoms with Crippen LogP contribution in [0.25, 0.3) is 0 Å². The molecule has 0 aromatic carbocycles. The van der Waals surface area contributed by atoms with Crippen molar-refractivity contribution >= 4 is 5.96 Å². The van der Waals surface area contributed by atoms with Crippen molar-refractivity contribution in [2.75, 3.05) is 6.54 Å². The first-order valence-electron chi connectivity index (χ1n) is 5.44. The minimum absolute atomic E-state index is 0.0458. The Morgan fingerprint density at radius 1 is 1.56 bits per heavy atom. The van der Waals surface area contributed by atoms with Gasteiger partial charge in [0.1, 0.15) is 0 Å². The second kappa shape index (κ2) is 5.01. The number of hydrogen-bond donors (Lipinski definition) is 2. The molecule has 0 radical (unpaired) electrons. The summed E-state index contributed by atoms with van der Waals surface area (Å²) in [6.45, 7) is 9.55. The summed E-state index contributed by atoms with van der Waals surface area (Å²) in [5.41, 5.74) is 6.85. The van der Waals surface area contributed by atoms with E-state index in [-0.39, 0.29) is 5.54 Å². The first kappa shape index (κ1) is 12.5. The molecule has 0 atom stereocenters. The zero-order chi connectivity index (χ0) is 12.2. The monoisotopic (exact) mass is 223 g/mol. The molecule has 1 aromatic heterocycles. The van der Waals surface area contributed by atoms with Crippen molar-refractivity contribution in [3.63, 3.8) is 0 Å². The first-order valence-corrected chi connectivity index (χ1v) is 5.44.